The summed E-state index contributed by atoms with van der Waals surface area (Å²) in [6.45, 7) is 3.38. The van der Waals surface area contributed by atoms with Crippen molar-refractivity contribution in [2.24, 2.45) is 23.1 Å². The molecule has 5 heteroatoms. The van der Waals surface area contributed by atoms with Crippen molar-refractivity contribution in [3.8, 4) is 0 Å². The summed E-state index contributed by atoms with van der Waals surface area (Å²) in [5, 5.41) is 0. The molecule has 0 aliphatic carbocycles. The Morgan fingerprint density at radius 3 is 2.43 bits per heavy atom. The Morgan fingerprint density at radius 2 is 2.07 bits per heavy atom. The Labute approximate surface area is 84.9 Å². The number of nitrogens with zero attached hydrogens (tertiary/aromatic N) is 1. The van der Waals surface area contributed by atoms with Crippen LogP contribution in [0.25, 0.3) is 0 Å². The van der Waals surface area contributed by atoms with E-state index in [0.717, 1.165) is 12.1 Å². The van der Waals surface area contributed by atoms with Gasteiger partial charge in [-0.1, -0.05) is 11.6 Å². The molecular formula is C9H20N4O. The standard InChI is InChI=1S/C9H20N4O/c1-7(5-13(2)6-11)3-8(4-10)9(12)14/h3,8H,4-6,10-11H2,1-2H3,(H2,12,14)/b7-3-. The van der Waals surface area contributed by atoms with Crippen LogP contribution < -0.4 is 17.2 Å². The van der Waals surface area contributed by atoms with E-state index in [0.29, 0.717) is 6.67 Å². The van der Waals surface area contributed by atoms with E-state index in [1.54, 1.807) is 6.08 Å². The van der Waals surface area contributed by atoms with Crippen LogP contribution in [0.4, 0.5) is 0 Å². The SMILES string of the molecule is C/C(=C/C(CN)C(N)=O)CN(C)CN. The van der Waals surface area contributed by atoms with Gasteiger partial charge in [0, 0.05) is 19.8 Å². The minimum atomic E-state index is -0.387. The lowest BCUT2D eigenvalue weighted by Gasteiger charge is -2.15. The summed E-state index contributed by atoms with van der Waals surface area (Å²) in [6.07, 6.45) is 1.80. The van der Waals surface area contributed by atoms with Crippen LogP contribution in [0.15, 0.2) is 11.6 Å². The number of likely N-dealkylation sites (N-methyl/N-ethyl adjacent to an activating group) is 1. The maximum absolute atomic E-state index is 10.9. The fourth-order valence-electron chi connectivity index (χ4n) is 1.15. The first-order valence-corrected chi connectivity index (χ1v) is 4.56. The van der Waals surface area contributed by atoms with E-state index in [4.69, 9.17) is 17.2 Å². The van der Waals surface area contributed by atoms with Crippen LogP contribution in [-0.4, -0.2) is 37.6 Å². The van der Waals surface area contributed by atoms with Gasteiger partial charge in [-0.2, -0.15) is 0 Å². The molecule has 0 rings (SSSR count). The molecule has 0 aromatic carbocycles. The second-order valence-corrected chi connectivity index (χ2v) is 3.45. The molecule has 0 aromatic rings. The normalized spacial score (nSPS) is 14.5. The summed E-state index contributed by atoms with van der Waals surface area (Å²) >= 11 is 0. The zero-order valence-corrected chi connectivity index (χ0v) is 8.86. The molecule has 5 nitrogen and oxygen atoms in total. The molecule has 1 atom stereocenters. The highest BCUT2D eigenvalue weighted by Crippen LogP contribution is 2.02. The fourth-order valence-corrected chi connectivity index (χ4v) is 1.15. The van der Waals surface area contributed by atoms with Crippen LogP contribution in [0.1, 0.15) is 6.92 Å². The van der Waals surface area contributed by atoms with Crippen LogP contribution in [-0.2, 0) is 4.79 Å². The van der Waals surface area contributed by atoms with Gasteiger partial charge in [-0.15, -0.1) is 0 Å². The van der Waals surface area contributed by atoms with Gasteiger partial charge in [-0.25, -0.2) is 0 Å². The van der Waals surface area contributed by atoms with E-state index in [1.807, 2.05) is 18.9 Å². The van der Waals surface area contributed by atoms with Crippen LogP contribution in [0.5, 0.6) is 0 Å². The third-order valence-electron chi connectivity index (χ3n) is 1.94. The van der Waals surface area contributed by atoms with Gasteiger partial charge in [0.2, 0.25) is 5.91 Å². The van der Waals surface area contributed by atoms with Crippen molar-refractivity contribution >= 4 is 5.91 Å². The van der Waals surface area contributed by atoms with Gasteiger partial charge >= 0.3 is 0 Å². The number of carbonyl (C=O) groups is 1. The smallest absolute Gasteiger partial charge is 0.225 e. The number of nitrogens with two attached hydrogens (primary N) is 3. The lowest BCUT2D eigenvalue weighted by atomic mass is 10.1. The van der Waals surface area contributed by atoms with E-state index >= 15 is 0 Å². The van der Waals surface area contributed by atoms with E-state index in [2.05, 4.69) is 0 Å². The van der Waals surface area contributed by atoms with Crippen molar-refractivity contribution < 1.29 is 4.79 Å². The van der Waals surface area contributed by atoms with Crippen LogP contribution in [0.3, 0.4) is 0 Å². The highest BCUT2D eigenvalue weighted by atomic mass is 16.1. The van der Waals surface area contributed by atoms with Crippen molar-refractivity contribution in [2.75, 3.05) is 26.8 Å². The Hall–Kier alpha value is -0.910. The minimum Gasteiger partial charge on any atom is -0.369 e. The predicted molar refractivity (Wildman–Crippen MR) is 57.2 cm³/mol. The van der Waals surface area contributed by atoms with Crippen molar-refractivity contribution in [2.45, 2.75) is 6.92 Å². The maximum Gasteiger partial charge on any atom is 0.225 e. The number of rotatable bonds is 6. The molecule has 0 radical (unpaired) electrons. The van der Waals surface area contributed by atoms with Crippen molar-refractivity contribution in [3.05, 3.63) is 11.6 Å². The molecule has 0 bridgehead atoms. The predicted octanol–water partition coefficient (Wildman–Crippen LogP) is -1.16. The lowest BCUT2D eigenvalue weighted by Crippen LogP contribution is -2.30. The topological polar surface area (TPSA) is 98.4 Å². The first-order valence-electron chi connectivity index (χ1n) is 4.56. The molecule has 0 fully saturated rings. The zero-order valence-electron chi connectivity index (χ0n) is 8.86. The average Bonchev–Trinajstić information content (AvgIpc) is 2.13. The van der Waals surface area contributed by atoms with Crippen LogP contribution in [0.2, 0.25) is 0 Å². The van der Waals surface area contributed by atoms with Gasteiger partial charge in [0.25, 0.3) is 0 Å². The summed E-state index contributed by atoms with van der Waals surface area (Å²) in [4.78, 5) is 12.8. The van der Waals surface area contributed by atoms with Crippen LogP contribution in [0, 0.1) is 5.92 Å². The molecule has 0 aromatic heterocycles. The van der Waals surface area contributed by atoms with Gasteiger partial charge in [0.15, 0.2) is 0 Å². The Morgan fingerprint density at radius 1 is 1.50 bits per heavy atom. The van der Waals surface area contributed by atoms with E-state index in [1.165, 1.54) is 0 Å². The minimum absolute atomic E-state index is 0.249. The summed E-state index contributed by atoms with van der Waals surface area (Å²) in [7, 11) is 1.90. The number of primary amides is 1. The van der Waals surface area contributed by atoms with Gasteiger partial charge in [0.05, 0.1) is 5.92 Å². The lowest BCUT2D eigenvalue weighted by molar-refractivity contribution is -0.120. The van der Waals surface area contributed by atoms with E-state index < -0.39 is 0 Å². The number of hydrogen-bond acceptors (Lipinski definition) is 4. The Bertz CT molecular complexity index is 215. The molecule has 82 valence electrons. The first kappa shape index (κ1) is 13.1. The maximum atomic E-state index is 10.9. The highest BCUT2D eigenvalue weighted by molar-refractivity contribution is 5.78. The van der Waals surface area contributed by atoms with Gasteiger partial charge in [0.1, 0.15) is 0 Å². The van der Waals surface area contributed by atoms with Crippen molar-refractivity contribution in [1.82, 2.24) is 4.90 Å². The molecule has 0 saturated heterocycles. The first-order chi connectivity index (χ1) is 6.51. The second-order valence-electron chi connectivity index (χ2n) is 3.45. The molecule has 0 heterocycles. The number of hydrogen-bond donors (Lipinski definition) is 3. The molecule has 14 heavy (non-hydrogen) atoms. The van der Waals surface area contributed by atoms with E-state index in [-0.39, 0.29) is 18.4 Å². The third-order valence-corrected chi connectivity index (χ3v) is 1.94. The summed E-state index contributed by atoms with van der Waals surface area (Å²) < 4.78 is 0. The molecule has 0 aliphatic rings. The molecule has 0 aliphatic heterocycles. The van der Waals surface area contributed by atoms with Crippen molar-refractivity contribution in [1.29, 1.82) is 0 Å². The van der Waals surface area contributed by atoms with Crippen LogP contribution >= 0.6 is 0 Å². The second kappa shape index (κ2) is 6.53. The highest BCUT2D eigenvalue weighted by Gasteiger charge is 2.10. The zero-order chi connectivity index (χ0) is 11.1. The Balaban J connectivity index is 4.25. The molecular weight excluding hydrogens is 180 g/mol. The van der Waals surface area contributed by atoms with E-state index in [9.17, 15) is 4.79 Å². The molecule has 0 saturated carbocycles. The molecule has 1 amide bonds. The van der Waals surface area contributed by atoms with Gasteiger partial charge in [-0.05, 0) is 14.0 Å². The fraction of sp³-hybridized carbons (Fsp3) is 0.667. The Kier molecular flexibility index (Phi) is 6.11. The third kappa shape index (κ3) is 4.96. The number of carbonyl (C=O) groups excluding carboxylic acids is 1. The number of amides is 1. The largest absolute Gasteiger partial charge is 0.369 e. The van der Waals surface area contributed by atoms with Gasteiger partial charge < -0.3 is 17.2 Å². The van der Waals surface area contributed by atoms with Crippen molar-refractivity contribution in [3.63, 3.8) is 0 Å². The average molecular weight is 200 g/mol. The molecule has 1 unspecified atom stereocenters. The quantitative estimate of drug-likeness (QED) is 0.372. The summed E-state index contributed by atoms with van der Waals surface area (Å²) in [5.41, 5.74) is 17.0. The summed E-state index contributed by atoms with van der Waals surface area (Å²) in [6, 6.07) is 0. The summed E-state index contributed by atoms with van der Waals surface area (Å²) in [5.74, 6) is -0.761. The van der Waals surface area contributed by atoms with Gasteiger partial charge in [-0.3, -0.25) is 9.69 Å². The monoisotopic (exact) mass is 200 g/mol. The molecule has 6 N–H and O–H groups in total. The molecule has 0 spiro atoms.